The quantitative estimate of drug-likeness (QED) is 0.692. The molecule has 66 valence electrons. The number of pyridine rings is 1. The van der Waals surface area contributed by atoms with E-state index in [0.717, 1.165) is 10.5 Å². The predicted octanol–water partition coefficient (Wildman–Crippen LogP) is 2.37. The van der Waals surface area contributed by atoms with Gasteiger partial charge in [0.25, 0.3) is 0 Å². The smallest absolute Gasteiger partial charge is 0.125 e. The van der Waals surface area contributed by atoms with E-state index >= 15 is 0 Å². The molecular weight excluding hydrogens is 180 g/mol. The van der Waals surface area contributed by atoms with Gasteiger partial charge in [0, 0.05) is 17.0 Å². The summed E-state index contributed by atoms with van der Waals surface area (Å²) >= 11 is 1.64. The summed E-state index contributed by atoms with van der Waals surface area (Å²) < 4.78 is 0. The van der Waals surface area contributed by atoms with Crippen molar-refractivity contribution in [3.05, 3.63) is 22.7 Å². The first kappa shape index (κ1) is 7.33. The summed E-state index contributed by atoms with van der Waals surface area (Å²) in [6, 6.07) is 0. The van der Waals surface area contributed by atoms with Gasteiger partial charge in [0.2, 0.25) is 0 Å². The first-order valence-electron chi connectivity index (χ1n) is 4.49. The molecule has 0 aromatic carbocycles. The van der Waals surface area contributed by atoms with Crippen molar-refractivity contribution in [2.24, 2.45) is 0 Å². The Kier molecular flexibility index (Phi) is 1.38. The SMILES string of the molecule is Nc1csc2ncc3c(c12)CCC3. The van der Waals surface area contributed by atoms with Crippen molar-refractivity contribution in [2.45, 2.75) is 19.3 Å². The highest BCUT2D eigenvalue weighted by Gasteiger charge is 2.16. The standard InChI is InChI=1S/C10H10N2S/c11-8-5-13-10-9(8)7-3-1-2-6(7)4-12-10/h4-5H,1-3,11H2. The number of nitrogens with zero attached hydrogens (tertiary/aromatic N) is 1. The third-order valence-electron chi connectivity index (χ3n) is 2.70. The van der Waals surface area contributed by atoms with Crippen LogP contribution < -0.4 is 5.73 Å². The van der Waals surface area contributed by atoms with Crippen molar-refractivity contribution in [1.29, 1.82) is 0 Å². The van der Waals surface area contributed by atoms with E-state index in [1.54, 1.807) is 11.3 Å². The highest BCUT2D eigenvalue weighted by atomic mass is 32.1. The number of thiophene rings is 1. The average molecular weight is 190 g/mol. The van der Waals surface area contributed by atoms with Crippen LogP contribution in [0.5, 0.6) is 0 Å². The largest absolute Gasteiger partial charge is 0.397 e. The van der Waals surface area contributed by atoms with Gasteiger partial charge in [-0.05, 0) is 30.4 Å². The second kappa shape index (κ2) is 2.45. The van der Waals surface area contributed by atoms with E-state index in [2.05, 4.69) is 4.98 Å². The molecule has 0 unspecified atom stereocenters. The minimum Gasteiger partial charge on any atom is -0.397 e. The Morgan fingerprint density at radius 3 is 3.23 bits per heavy atom. The number of hydrogen-bond acceptors (Lipinski definition) is 3. The number of hydrogen-bond donors (Lipinski definition) is 1. The van der Waals surface area contributed by atoms with Crippen LogP contribution in [0.3, 0.4) is 0 Å². The molecule has 0 fully saturated rings. The summed E-state index contributed by atoms with van der Waals surface area (Å²) in [5.41, 5.74) is 9.68. The molecule has 0 spiro atoms. The van der Waals surface area contributed by atoms with Gasteiger partial charge in [0.15, 0.2) is 0 Å². The number of aryl methyl sites for hydroxylation is 2. The van der Waals surface area contributed by atoms with Gasteiger partial charge in [-0.3, -0.25) is 0 Å². The van der Waals surface area contributed by atoms with Gasteiger partial charge < -0.3 is 5.73 Å². The Morgan fingerprint density at radius 1 is 1.38 bits per heavy atom. The van der Waals surface area contributed by atoms with E-state index in [9.17, 15) is 0 Å². The zero-order valence-corrected chi connectivity index (χ0v) is 8.03. The number of anilines is 1. The summed E-state index contributed by atoms with van der Waals surface area (Å²) in [5.74, 6) is 0. The Bertz CT molecular complexity index is 473. The fourth-order valence-electron chi connectivity index (χ4n) is 2.09. The second-order valence-corrected chi connectivity index (χ2v) is 4.34. The van der Waals surface area contributed by atoms with Crippen LogP contribution in [0, 0.1) is 0 Å². The number of nitrogens with two attached hydrogens (primary N) is 1. The normalized spacial score (nSPS) is 15.1. The van der Waals surface area contributed by atoms with Gasteiger partial charge in [0.05, 0.1) is 5.69 Å². The molecule has 0 saturated heterocycles. The first-order valence-corrected chi connectivity index (χ1v) is 5.37. The number of rotatable bonds is 0. The second-order valence-electron chi connectivity index (χ2n) is 3.49. The summed E-state index contributed by atoms with van der Waals surface area (Å²) in [4.78, 5) is 5.51. The van der Waals surface area contributed by atoms with Crippen LogP contribution in [0.15, 0.2) is 11.6 Å². The third kappa shape index (κ3) is 0.907. The molecule has 3 rings (SSSR count). The summed E-state index contributed by atoms with van der Waals surface area (Å²) in [5, 5.41) is 3.22. The molecule has 2 aromatic heterocycles. The number of aromatic nitrogens is 1. The lowest BCUT2D eigenvalue weighted by Crippen LogP contribution is -1.89. The van der Waals surface area contributed by atoms with Crippen molar-refractivity contribution in [3.63, 3.8) is 0 Å². The molecular formula is C10H10N2S. The van der Waals surface area contributed by atoms with Crippen LogP contribution in [0.4, 0.5) is 5.69 Å². The summed E-state index contributed by atoms with van der Waals surface area (Å²) in [7, 11) is 0. The van der Waals surface area contributed by atoms with E-state index in [1.807, 2.05) is 11.6 Å². The average Bonchev–Trinajstić information content (AvgIpc) is 2.70. The molecule has 13 heavy (non-hydrogen) atoms. The maximum atomic E-state index is 5.92. The van der Waals surface area contributed by atoms with E-state index in [1.165, 1.54) is 35.8 Å². The van der Waals surface area contributed by atoms with Crippen LogP contribution in [0.1, 0.15) is 17.5 Å². The Labute approximate surface area is 80.4 Å². The van der Waals surface area contributed by atoms with E-state index < -0.39 is 0 Å². The van der Waals surface area contributed by atoms with E-state index in [4.69, 9.17) is 5.73 Å². The molecule has 0 saturated carbocycles. The van der Waals surface area contributed by atoms with Crippen molar-refractivity contribution >= 4 is 27.2 Å². The van der Waals surface area contributed by atoms with Crippen molar-refractivity contribution < 1.29 is 0 Å². The van der Waals surface area contributed by atoms with Crippen molar-refractivity contribution in [3.8, 4) is 0 Å². The molecule has 2 heterocycles. The highest BCUT2D eigenvalue weighted by molar-refractivity contribution is 7.17. The molecule has 2 aromatic rings. The molecule has 1 aliphatic carbocycles. The monoisotopic (exact) mass is 190 g/mol. The number of fused-ring (bicyclic) bond motifs is 3. The molecule has 0 atom stereocenters. The maximum Gasteiger partial charge on any atom is 0.125 e. The van der Waals surface area contributed by atoms with Crippen LogP contribution in [-0.4, -0.2) is 4.98 Å². The molecule has 0 bridgehead atoms. The Morgan fingerprint density at radius 2 is 2.31 bits per heavy atom. The highest BCUT2D eigenvalue weighted by Crippen LogP contribution is 2.35. The zero-order chi connectivity index (χ0) is 8.84. The van der Waals surface area contributed by atoms with Crippen molar-refractivity contribution in [1.82, 2.24) is 4.98 Å². The van der Waals surface area contributed by atoms with Crippen molar-refractivity contribution in [2.75, 3.05) is 5.73 Å². The summed E-state index contributed by atoms with van der Waals surface area (Å²) in [6.07, 6.45) is 5.62. The number of nitrogen functional groups attached to an aromatic ring is 1. The van der Waals surface area contributed by atoms with E-state index in [0.29, 0.717) is 0 Å². The third-order valence-corrected chi connectivity index (χ3v) is 3.60. The summed E-state index contributed by atoms with van der Waals surface area (Å²) in [6.45, 7) is 0. The Balaban J connectivity index is 2.47. The maximum absolute atomic E-state index is 5.92. The zero-order valence-electron chi connectivity index (χ0n) is 7.21. The van der Waals surface area contributed by atoms with Gasteiger partial charge in [-0.25, -0.2) is 4.98 Å². The predicted molar refractivity (Wildman–Crippen MR) is 56.1 cm³/mol. The molecule has 2 nitrogen and oxygen atoms in total. The molecule has 0 aliphatic heterocycles. The molecule has 0 radical (unpaired) electrons. The lowest BCUT2D eigenvalue weighted by Gasteiger charge is -2.00. The lowest BCUT2D eigenvalue weighted by atomic mass is 10.1. The first-order chi connectivity index (χ1) is 6.36. The minimum atomic E-state index is 0.909. The molecule has 1 aliphatic rings. The fourth-order valence-corrected chi connectivity index (χ4v) is 2.92. The minimum absolute atomic E-state index is 0.909. The molecule has 3 heteroatoms. The fraction of sp³-hybridized carbons (Fsp3) is 0.300. The van der Waals surface area contributed by atoms with Gasteiger partial charge >= 0.3 is 0 Å². The molecule has 2 N–H and O–H groups in total. The van der Waals surface area contributed by atoms with Gasteiger partial charge in [0.1, 0.15) is 4.83 Å². The van der Waals surface area contributed by atoms with Crippen LogP contribution in [-0.2, 0) is 12.8 Å². The van der Waals surface area contributed by atoms with E-state index in [-0.39, 0.29) is 0 Å². The van der Waals surface area contributed by atoms with Crippen LogP contribution in [0.25, 0.3) is 10.2 Å². The van der Waals surface area contributed by atoms with Gasteiger partial charge in [-0.2, -0.15) is 0 Å². The lowest BCUT2D eigenvalue weighted by molar-refractivity contribution is 0.912. The topological polar surface area (TPSA) is 38.9 Å². The van der Waals surface area contributed by atoms with Crippen LogP contribution >= 0.6 is 11.3 Å². The Hall–Kier alpha value is -1.09. The van der Waals surface area contributed by atoms with Gasteiger partial charge in [-0.15, -0.1) is 11.3 Å². The molecule has 0 amide bonds. The van der Waals surface area contributed by atoms with Crippen LogP contribution in [0.2, 0.25) is 0 Å². The van der Waals surface area contributed by atoms with Gasteiger partial charge in [-0.1, -0.05) is 0 Å².